The van der Waals surface area contributed by atoms with Crippen LogP contribution in [0.25, 0.3) is 0 Å². The van der Waals surface area contributed by atoms with Crippen molar-refractivity contribution in [2.45, 2.75) is 119 Å². The lowest BCUT2D eigenvalue weighted by Crippen LogP contribution is -2.69. The van der Waals surface area contributed by atoms with Crippen LogP contribution in [0.1, 0.15) is 54.9 Å². The highest BCUT2D eigenvalue weighted by molar-refractivity contribution is 8.00. The summed E-state index contributed by atoms with van der Waals surface area (Å²) >= 11 is 1.83. The van der Waals surface area contributed by atoms with Gasteiger partial charge in [-0.2, -0.15) is 0 Å². The van der Waals surface area contributed by atoms with E-state index in [2.05, 4.69) is 58.1 Å². The normalized spacial score (nSPS) is 36.4. The fourth-order valence-electron chi connectivity index (χ4n) is 4.68. The molecule has 0 aromatic heterocycles. The largest absolute Gasteiger partial charge is 0.411 e. The molecule has 0 unspecified atom stereocenters. The van der Waals surface area contributed by atoms with Gasteiger partial charge in [-0.25, -0.2) is 0 Å². The zero-order chi connectivity index (χ0) is 23.6. The van der Waals surface area contributed by atoms with Crippen LogP contribution in [0.2, 0.25) is 18.1 Å². The molecule has 1 aromatic carbocycles. The number of ether oxygens (including phenoxy) is 4. The summed E-state index contributed by atoms with van der Waals surface area (Å²) < 4.78 is 32.6. The predicted octanol–water partition coefficient (Wildman–Crippen LogP) is 5.98. The molecule has 5 nitrogen and oxygen atoms in total. The van der Waals surface area contributed by atoms with Crippen LogP contribution in [0, 0.1) is 0 Å². The van der Waals surface area contributed by atoms with Crippen LogP contribution in [-0.4, -0.2) is 55.7 Å². The van der Waals surface area contributed by atoms with Crippen molar-refractivity contribution in [3.8, 4) is 0 Å². The summed E-state index contributed by atoms with van der Waals surface area (Å²) in [6.45, 7) is 20.0. The second-order valence-electron chi connectivity index (χ2n) is 11.9. The molecule has 0 spiro atoms. The third-order valence-electron chi connectivity index (χ3n) is 7.29. The van der Waals surface area contributed by atoms with Crippen LogP contribution in [-0.2, 0) is 23.4 Å². The van der Waals surface area contributed by atoms with Crippen LogP contribution in [0.4, 0.5) is 0 Å². The molecule has 0 bridgehead atoms. The van der Waals surface area contributed by atoms with Crippen molar-refractivity contribution in [2.75, 3.05) is 6.61 Å². The molecule has 5 atom stereocenters. The Hall–Kier alpha value is -0.413. The van der Waals surface area contributed by atoms with Gasteiger partial charge >= 0.3 is 0 Å². The van der Waals surface area contributed by atoms with Gasteiger partial charge in [-0.15, -0.1) is 11.8 Å². The molecule has 0 radical (unpaired) electrons. The summed E-state index contributed by atoms with van der Waals surface area (Å²) in [4.78, 5) is 1.20. The minimum atomic E-state index is -2.03. The predicted molar refractivity (Wildman–Crippen MR) is 130 cm³/mol. The Morgan fingerprint density at radius 2 is 1.56 bits per heavy atom. The number of thioether (sulfide) groups is 1. The van der Waals surface area contributed by atoms with Crippen molar-refractivity contribution >= 4 is 20.1 Å². The number of hydrogen-bond donors (Lipinski definition) is 0. The first kappa shape index (κ1) is 24.7. The summed E-state index contributed by atoms with van der Waals surface area (Å²) in [5, 5.41) is 0.107. The molecule has 3 aliphatic rings. The second-order valence-corrected chi connectivity index (χ2v) is 18.1. The Kier molecular flexibility index (Phi) is 6.23. The molecule has 1 aromatic rings. The Balaban J connectivity index is 1.74. The summed E-state index contributed by atoms with van der Waals surface area (Å²) in [5.41, 5.74) is 0. The molecule has 2 saturated heterocycles. The Morgan fingerprint density at radius 1 is 0.938 bits per heavy atom. The maximum atomic E-state index is 7.02. The molecule has 3 fully saturated rings. The van der Waals surface area contributed by atoms with Gasteiger partial charge in [0.05, 0.1) is 17.5 Å². The van der Waals surface area contributed by atoms with Crippen molar-refractivity contribution in [3.63, 3.8) is 0 Å². The van der Waals surface area contributed by atoms with Crippen molar-refractivity contribution < 1.29 is 23.4 Å². The van der Waals surface area contributed by atoms with Gasteiger partial charge in [0.25, 0.3) is 0 Å². The minimum Gasteiger partial charge on any atom is -0.411 e. The molecule has 1 aliphatic carbocycles. The van der Waals surface area contributed by atoms with E-state index in [0.29, 0.717) is 6.61 Å². The zero-order valence-corrected chi connectivity index (χ0v) is 22.9. The summed E-state index contributed by atoms with van der Waals surface area (Å²) in [6.07, 6.45) is 0.168. The average molecular weight is 481 g/mol. The Labute approximate surface area is 199 Å². The second kappa shape index (κ2) is 8.07. The minimum absolute atomic E-state index is 0.0801. The van der Waals surface area contributed by atoms with E-state index >= 15 is 0 Å². The molecule has 2 heterocycles. The number of rotatable bonds is 4. The fraction of sp³-hybridized carbons (Fsp3) is 0.760. The molecule has 1 saturated carbocycles. The standard InChI is InChI=1S/C25H40O5SSi/c1-22(2,3)32(8,9)30-18-15-25(31-17-13-11-10-12-14-17)16-26-23(4,5)29-21(25)20-19(18)27-24(6,7)28-20/h10-14,18-21H,15-16H2,1-9H3/t18-,19-,20-,21+,25+/m0/s1. The Morgan fingerprint density at radius 3 is 2.19 bits per heavy atom. The lowest BCUT2D eigenvalue weighted by Gasteiger charge is -2.56. The van der Waals surface area contributed by atoms with Gasteiger partial charge in [-0.1, -0.05) is 39.0 Å². The van der Waals surface area contributed by atoms with E-state index in [4.69, 9.17) is 23.4 Å². The third kappa shape index (κ3) is 4.72. The topological polar surface area (TPSA) is 46.2 Å². The van der Waals surface area contributed by atoms with Crippen LogP contribution < -0.4 is 0 Å². The van der Waals surface area contributed by atoms with Crippen molar-refractivity contribution in [1.29, 1.82) is 0 Å². The quantitative estimate of drug-likeness (QED) is 0.494. The number of hydrogen-bond acceptors (Lipinski definition) is 6. The zero-order valence-electron chi connectivity index (χ0n) is 21.1. The number of benzene rings is 1. The highest BCUT2D eigenvalue weighted by Gasteiger charge is 2.65. The van der Waals surface area contributed by atoms with E-state index in [1.165, 1.54) is 4.90 Å². The van der Waals surface area contributed by atoms with Crippen molar-refractivity contribution in [2.24, 2.45) is 0 Å². The highest BCUT2D eigenvalue weighted by Crippen LogP contribution is 2.55. The average Bonchev–Trinajstić information content (AvgIpc) is 2.98. The molecule has 7 heteroatoms. The van der Waals surface area contributed by atoms with Crippen LogP contribution >= 0.6 is 11.8 Å². The van der Waals surface area contributed by atoms with Gasteiger partial charge in [0.1, 0.15) is 18.3 Å². The molecular weight excluding hydrogens is 440 g/mol. The molecule has 0 N–H and O–H groups in total. The SMILES string of the molecule is CC1(C)O[C@@H]2[C@H](O1)[C@H]1OC(C)(C)OC[C@]1(Sc1ccccc1)C[C@@H]2O[Si](C)(C)C(C)(C)C. The van der Waals surface area contributed by atoms with Gasteiger partial charge in [0.2, 0.25) is 0 Å². The van der Waals surface area contributed by atoms with Crippen molar-refractivity contribution in [1.82, 2.24) is 0 Å². The van der Waals surface area contributed by atoms with Gasteiger partial charge in [-0.3, -0.25) is 0 Å². The lowest BCUT2D eigenvalue weighted by molar-refractivity contribution is -0.313. The maximum Gasteiger partial charge on any atom is 0.192 e. The van der Waals surface area contributed by atoms with Gasteiger partial charge in [-0.05, 0) is 64.4 Å². The monoisotopic (exact) mass is 480 g/mol. The van der Waals surface area contributed by atoms with Gasteiger partial charge < -0.3 is 23.4 Å². The van der Waals surface area contributed by atoms with Gasteiger partial charge in [0.15, 0.2) is 19.9 Å². The first-order valence-corrected chi connectivity index (χ1v) is 15.4. The lowest BCUT2D eigenvalue weighted by atomic mass is 9.79. The van der Waals surface area contributed by atoms with E-state index in [-0.39, 0.29) is 34.2 Å². The maximum absolute atomic E-state index is 7.02. The van der Waals surface area contributed by atoms with Crippen molar-refractivity contribution in [3.05, 3.63) is 30.3 Å². The molecule has 180 valence electrons. The number of fused-ring (bicyclic) bond motifs is 3. The first-order valence-electron chi connectivity index (χ1n) is 11.7. The third-order valence-corrected chi connectivity index (χ3v) is 13.2. The van der Waals surface area contributed by atoms with Crippen LogP contribution in [0.15, 0.2) is 35.2 Å². The fourth-order valence-corrected chi connectivity index (χ4v) is 7.43. The molecular formula is C25H40O5SSi. The molecule has 32 heavy (non-hydrogen) atoms. The Bertz CT molecular complexity index is 821. The summed E-state index contributed by atoms with van der Waals surface area (Å²) in [7, 11) is -2.03. The molecule has 0 amide bonds. The molecule has 2 aliphatic heterocycles. The smallest absolute Gasteiger partial charge is 0.192 e. The highest BCUT2D eigenvalue weighted by atomic mass is 32.2. The summed E-state index contributed by atoms with van der Waals surface area (Å²) in [5.74, 6) is -1.34. The van der Waals surface area contributed by atoms with E-state index in [1.807, 2.05) is 45.5 Å². The van der Waals surface area contributed by atoms with Crippen LogP contribution in [0.5, 0.6) is 0 Å². The van der Waals surface area contributed by atoms with E-state index in [0.717, 1.165) is 6.42 Å². The summed E-state index contributed by atoms with van der Waals surface area (Å²) in [6, 6.07) is 10.5. The van der Waals surface area contributed by atoms with Gasteiger partial charge in [0, 0.05) is 4.90 Å². The molecule has 4 rings (SSSR count). The van der Waals surface area contributed by atoms with E-state index in [1.54, 1.807) is 0 Å². The first-order chi connectivity index (χ1) is 14.6. The van der Waals surface area contributed by atoms with Crippen LogP contribution in [0.3, 0.4) is 0 Å². The van der Waals surface area contributed by atoms with E-state index in [9.17, 15) is 0 Å². The van der Waals surface area contributed by atoms with E-state index < -0.39 is 19.9 Å².